The van der Waals surface area contributed by atoms with Gasteiger partial charge in [-0.05, 0) is 19.3 Å². The van der Waals surface area contributed by atoms with E-state index in [0.717, 1.165) is 37.6 Å². The van der Waals surface area contributed by atoms with Gasteiger partial charge in [-0.2, -0.15) is 0 Å². The molecule has 2 aliphatic heterocycles. The van der Waals surface area contributed by atoms with E-state index in [1.807, 2.05) is 0 Å². The summed E-state index contributed by atoms with van der Waals surface area (Å²) in [5.41, 5.74) is 2.08. The number of nitrogens with one attached hydrogen (secondary N) is 1. The third kappa shape index (κ3) is 1.99. The van der Waals surface area contributed by atoms with E-state index in [4.69, 9.17) is 4.74 Å². The molecule has 17 heavy (non-hydrogen) atoms. The van der Waals surface area contributed by atoms with Gasteiger partial charge < -0.3 is 19.7 Å². The van der Waals surface area contributed by atoms with E-state index in [1.54, 1.807) is 0 Å². The van der Waals surface area contributed by atoms with Crippen LogP contribution in [0.25, 0.3) is 0 Å². The minimum absolute atomic E-state index is 0.0446. The van der Waals surface area contributed by atoms with Crippen molar-refractivity contribution in [3.05, 3.63) is 17.2 Å². The molecule has 5 nitrogen and oxygen atoms in total. The number of rotatable bonds is 2. The molecule has 0 bridgehead atoms. The molecule has 1 unspecified atom stereocenters. The molecule has 1 fully saturated rings. The number of hydrogen-bond donors (Lipinski definition) is 2. The summed E-state index contributed by atoms with van der Waals surface area (Å²) in [4.78, 5) is 4.60. The molecule has 0 aliphatic carbocycles. The van der Waals surface area contributed by atoms with Crippen molar-refractivity contribution in [2.45, 2.75) is 38.5 Å². The Morgan fingerprint density at radius 2 is 2.41 bits per heavy atom. The van der Waals surface area contributed by atoms with Gasteiger partial charge in [0.1, 0.15) is 5.82 Å². The van der Waals surface area contributed by atoms with Gasteiger partial charge in [-0.25, -0.2) is 4.98 Å². The molecule has 0 radical (unpaired) electrons. The second-order valence-electron chi connectivity index (χ2n) is 4.71. The van der Waals surface area contributed by atoms with Crippen LogP contribution in [0, 0.1) is 0 Å². The maximum absolute atomic E-state index is 9.38. The average Bonchev–Trinajstić information content (AvgIpc) is 2.78. The lowest BCUT2D eigenvalue weighted by molar-refractivity contribution is 0.0727. The standard InChI is InChI=1S/C12H19N3O2/c16-7-9-11-3-1-2-5-15(11)12(14-9)10-8-17-6-4-13-10/h10,13,16H,1-8H2. The van der Waals surface area contributed by atoms with Crippen molar-refractivity contribution in [1.82, 2.24) is 14.9 Å². The first kappa shape index (κ1) is 11.2. The Bertz CT molecular complexity index is 397. The van der Waals surface area contributed by atoms with Gasteiger partial charge in [-0.1, -0.05) is 0 Å². The number of fused-ring (bicyclic) bond motifs is 1. The molecule has 1 aromatic heterocycles. The van der Waals surface area contributed by atoms with Gasteiger partial charge in [0.2, 0.25) is 0 Å². The number of imidazole rings is 1. The predicted molar refractivity (Wildman–Crippen MR) is 62.7 cm³/mol. The van der Waals surface area contributed by atoms with Crippen molar-refractivity contribution in [2.24, 2.45) is 0 Å². The molecule has 1 atom stereocenters. The predicted octanol–water partition coefficient (Wildman–Crippen LogP) is 0.373. The normalized spacial score (nSPS) is 24.6. The monoisotopic (exact) mass is 237 g/mol. The Morgan fingerprint density at radius 1 is 1.47 bits per heavy atom. The van der Waals surface area contributed by atoms with Gasteiger partial charge in [0.25, 0.3) is 0 Å². The summed E-state index contributed by atoms with van der Waals surface area (Å²) >= 11 is 0. The fourth-order valence-corrected chi connectivity index (χ4v) is 2.77. The van der Waals surface area contributed by atoms with Gasteiger partial charge in [-0.3, -0.25) is 0 Å². The molecule has 1 aromatic rings. The van der Waals surface area contributed by atoms with Crippen LogP contribution in [0.2, 0.25) is 0 Å². The highest BCUT2D eigenvalue weighted by molar-refractivity contribution is 5.20. The maximum atomic E-state index is 9.38. The van der Waals surface area contributed by atoms with Crippen molar-refractivity contribution in [3.8, 4) is 0 Å². The molecule has 0 aromatic carbocycles. The number of aliphatic hydroxyl groups excluding tert-OH is 1. The Balaban J connectivity index is 1.95. The molecule has 2 aliphatic rings. The van der Waals surface area contributed by atoms with Crippen LogP contribution in [0.1, 0.15) is 36.1 Å². The fraction of sp³-hybridized carbons (Fsp3) is 0.750. The lowest BCUT2D eigenvalue weighted by Gasteiger charge is -2.25. The van der Waals surface area contributed by atoms with E-state index in [9.17, 15) is 5.11 Å². The maximum Gasteiger partial charge on any atom is 0.128 e. The number of nitrogens with zero attached hydrogens (tertiary/aromatic N) is 2. The highest BCUT2D eigenvalue weighted by atomic mass is 16.5. The van der Waals surface area contributed by atoms with E-state index in [1.165, 1.54) is 18.5 Å². The zero-order valence-electron chi connectivity index (χ0n) is 9.98. The van der Waals surface area contributed by atoms with Crippen LogP contribution in [-0.2, 0) is 24.3 Å². The van der Waals surface area contributed by atoms with Gasteiger partial charge in [0, 0.05) is 18.8 Å². The average molecular weight is 237 g/mol. The second kappa shape index (κ2) is 4.76. The van der Waals surface area contributed by atoms with Crippen molar-refractivity contribution in [3.63, 3.8) is 0 Å². The molecule has 5 heteroatoms. The zero-order chi connectivity index (χ0) is 11.7. The number of aliphatic hydroxyl groups is 1. The molecular formula is C12H19N3O2. The molecule has 1 saturated heterocycles. The summed E-state index contributed by atoms with van der Waals surface area (Å²) < 4.78 is 7.77. The van der Waals surface area contributed by atoms with Gasteiger partial charge in [-0.15, -0.1) is 0 Å². The van der Waals surface area contributed by atoms with E-state index in [2.05, 4.69) is 14.9 Å². The van der Waals surface area contributed by atoms with Crippen LogP contribution in [0.4, 0.5) is 0 Å². The minimum atomic E-state index is 0.0446. The first-order valence-electron chi connectivity index (χ1n) is 6.40. The molecule has 3 heterocycles. The van der Waals surface area contributed by atoms with Crippen LogP contribution in [0.3, 0.4) is 0 Å². The van der Waals surface area contributed by atoms with E-state index in [-0.39, 0.29) is 12.6 Å². The Labute approximate surface area is 101 Å². The summed E-state index contributed by atoms with van der Waals surface area (Å²) in [5, 5.41) is 12.8. The third-order valence-corrected chi connectivity index (χ3v) is 3.61. The van der Waals surface area contributed by atoms with E-state index < -0.39 is 0 Å². The third-order valence-electron chi connectivity index (χ3n) is 3.61. The largest absolute Gasteiger partial charge is 0.390 e. The molecule has 0 saturated carbocycles. The summed E-state index contributed by atoms with van der Waals surface area (Å²) in [6, 6.07) is 0.181. The lowest BCUT2D eigenvalue weighted by atomic mass is 10.1. The van der Waals surface area contributed by atoms with Crippen molar-refractivity contribution < 1.29 is 9.84 Å². The molecular weight excluding hydrogens is 218 g/mol. The second-order valence-corrected chi connectivity index (χ2v) is 4.71. The summed E-state index contributed by atoms with van der Waals surface area (Å²) in [5.74, 6) is 1.04. The van der Waals surface area contributed by atoms with E-state index in [0.29, 0.717) is 6.61 Å². The van der Waals surface area contributed by atoms with E-state index >= 15 is 0 Å². The summed E-state index contributed by atoms with van der Waals surface area (Å²) in [6.07, 6.45) is 3.44. The Kier molecular flexibility index (Phi) is 3.13. The molecule has 94 valence electrons. The SMILES string of the molecule is OCc1nc(C2COCCN2)n2c1CCCC2. The molecule has 0 amide bonds. The molecule has 3 rings (SSSR count). The van der Waals surface area contributed by atoms with Crippen molar-refractivity contribution in [2.75, 3.05) is 19.8 Å². The highest BCUT2D eigenvalue weighted by Crippen LogP contribution is 2.25. The van der Waals surface area contributed by atoms with Crippen LogP contribution in [0.5, 0.6) is 0 Å². The van der Waals surface area contributed by atoms with Crippen LogP contribution >= 0.6 is 0 Å². The molecule has 0 spiro atoms. The van der Waals surface area contributed by atoms with Crippen molar-refractivity contribution in [1.29, 1.82) is 0 Å². The number of hydrogen-bond acceptors (Lipinski definition) is 4. The summed E-state index contributed by atoms with van der Waals surface area (Å²) in [7, 11) is 0. The lowest BCUT2D eigenvalue weighted by Crippen LogP contribution is -2.36. The first-order chi connectivity index (χ1) is 8.40. The van der Waals surface area contributed by atoms with Crippen LogP contribution in [0.15, 0.2) is 0 Å². The van der Waals surface area contributed by atoms with Gasteiger partial charge in [0.05, 0.1) is 31.6 Å². The topological polar surface area (TPSA) is 59.3 Å². The fourth-order valence-electron chi connectivity index (χ4n) is 2.77. The highest BCUT2D eigenvalue weighted by Gasteiger charge is 2.26. The van der Waals surface area contributed by atoms with Gasteiger partial charge >= 0.3 is 0 Å². The Morgan fingerprint density at radius 3 is 3.18 bits per heavy atom. The van der Waals surface area contributed by atoms with Gasteiger partial charge in [0.15, 0.2) is 0 Å². The van der Waals surface area contributed by atoms with Crippen LogP contribution < -0.4 is 5.32 Å². The number of aromatic nitrogens is 2. The Hall–Kier alpha value is -0.910. The van der Waals surface area contributed by atoms with Crippen molar-refractivity contribution >= 4 is 0 Å². The van der Waals surface area contributed by atoms with Crippen LogP contribution in [-0.4, -0.2) is 34.4 Å². The first-order valence-corrected chi connectivity index (χ1v) is 6.40. The summed E-state index contributed by atoms with van der Waals surface area (Å²) in [6.45, 7) is 3.40. The molecule has 2 N–H and O–H groups in total. The number of morpholine rings is 1. The minimum Gasteiger partial charge on any atom is -0.390 e. The smallest absolute Gasteiger partial charge is 0.128 e. The number of ether oxygens (including phenoxy) is 1. The zero-order valence-corrected chi connectivity index (χ0v) is 9.98. The quantitative estimate of drug-likeness (QED) is 0.780.